The molecule has 0 spiro atoms. The van der Waals surface area contributed by atoms with Gasteiger partial charge in [0.2, 0.25) is 11.8 Å². The summed E-state index contributed by atoms with van der Waals surface area (Å²) in [4.78, 5) is 18.4. The summed E-state index contributed by atoms with van der Waals surface area (Å²) in [6.07, 6.45) is 2.78. The molecule has 7 heteroatoms. The van der Waals surface area contributed by atoms with Crippen LogP contribution in [0.5, 0.6) is 0 Å². The second kappa shape index (κ2) is 7.23. The Bertz CT molecular complexity index is 671. The number of amides is 1. The molecule has 0 saturated carbocycles. The van der Waals surface area contributed by atoms with Gasteiger partial charge in [-0.15, -0.1) is 0 Å². The molecule has 0 radical (unpaired) electrons. The van der Waals surface area contributed by atoms with Gasteiger partial charge in [-0.25, -0.2) is 0 Å². The SMILES string of the molecule is NCCC(=O)N1CCCC1c1nc(Cc2ccc(Br)cc2)no1. The number of rotatable bonds is 5. The molecule has 1 aromatic carbocycles. The van der Waals surface area contributed by atoms with E-state index in [-0.39, 0.29) is 11.9 Å². The number of hydrogen-bond donors (Lipinski definition) is 1. The van der Waals surface area contributed by atoms with E-state index < -0.39 is 0 Å². The molecular formula is C16H19BrN4O2. The Kier molecular flexibility index (Phi) is 5.07. The Hall–Kier alpha value is -1.73. The first kappa shape index (κ1) is 16.1. The number of carbonyl (C=O) groups excluding carboxylic acids is 1. The fraction of sp³-hybridized carbons (Fsp3) is 0.438. The van der Waals surface area contributed by atoms with Crippen LogP contribution in [0.3, 0.4) is 0 Å². The van der Waals surface area contributed by atoms with Gasteiger partial charge in [0, 0.05) is 30.4 Å². The van der Waals surface area contributed by atoms with E-state index >= 15 is 0 Å². The van der Waals surface area contributed by atoms with Gasteiger partial charge in [-0.05, 0) is 30.5 Å². The molecule has 23 heavy (non-hydrogen) atoms. The second-order valence-electron chi connectivity index (χ2n) is 5.64. The van der Waals surface area contributed by atoms with Gasteiger partial charge in [0.05, 0.1) is 0 Å². The summed E-state index contributed by atoms with van der Waals surface area (Å²) in [6.45, 7) is 1.09. The molecular weight excluding hydrogens is 360 g/mol. The maximum Gasteiger partial charge on any atom is 0.249 e. The van der Waals surface area contributed by atoms with Crippen LogP contribution in [0.25, 0.3) is 0 Å². The number of likely N-dealkylation sites (tertiary alicyclic amines) is 1. The average molecular weight is 379 g/mol. The van der Waals surface area contributed by atoms with Crippen molar-refractivity contribution >= 4 is 21.8 Å². The molecule has 2 aromatic rings. The van der Waals surface area contributed by atoms with Crippen LogP contribution in [0, 0.1) is 0 Å². The van der Waals surface area contributed by atoms with Crippen molar-refractivity contribution in [1.29, 1.82) is 0 Å². The quantitative estimate of drug-likeness (QED) is 0.863. The minimum Gasteiger partial charge on any atom is -0.337 e. The van der Waals surface area contributed by atoms with Crippen LogP contribution in [-0.4, -0.2) is 34.0 Å². The lowest BCUT2D eigenvalue weighted by atomic mass is 10.1. The molecule has 1 aliphatic rings. The number of halogens is 1. The minimum atomic E-state index is -0.111. The normalized spacial score (nSPS) is 17.7. The number of aromatic nitrogens is 2. The number of benzene rings is 1. The van der Waals surface area contributed by atoms with E-state index in [0.717, 1.165) is 29.4 Å². The fourth-order valence-corrected chi connectivity index (χ4v) is 3.11. The molecule has 1 atom stereocenters. The lowest BCUT2D eigenvalue weighted by Gasteiger charge is -2.21. The highest BCUT2D eigenvalue weighted by atomic mass is 79.9. The standard InChI is InChI=1S/C16H19BrN4O2/c17-12-5-3-11(4-6-12)10-14-19-16(23-20-14)13-2-1-9-21(13)15(22)7-8-18/h3-6,13H,1-2,7-10,18H2. The van der Waals surface area contributed by atoms with Crippen molar-refractivity contribution in [2.75, 3.05) is 13.1 Å². The molecule has 1 fully saturated rings. The van der Waals surface area contributed by atoms with Crippen LogP contribution < -0.4 is 5.73 Å². The summed E-state index contributed by atoms with van der Waals surface area (Å²) in [7, 11) is 0. The van der Waals surface area contributed by atoms with Gasteiger partial charge in [0.25, 0.3) is 0 Å². The molecule has 0 aliphatic carbocycles. The third-order valence-electron chi connectivity index (χ3n) is 3.98. The van der Waals surface area contributed by atoms with Crippen molar-refractivity contribution in [2.45, 2.75) is 31.7 Å². The Morgan fingerprint density at radius 2 is 2.17 bits per heavy atom. The van der Waals surface area contributed by atoms with E-state index in [1.54, 1.807) is 0 Å². The maximum absolute atomic E-state index is 12.1. The third-order valence-corrected chi connectivity index (χ3v) is 4.50. The van der Waals surface area contributed by atoms with Crippen LogP contribution in [0.4, 0.5) is 0 Å². The molecule has 2 heterocycles. The highest BCUT2D eigenvalue weighted by Gasteiger charge is 2.33. The lowest BCUT2D eigenvalue weighted by molar-refractivity contribution is -0.132. The van der Waals surface area contributed by atoms with E-state index in [4.69, 9.17) is 10.3 Å². The van der Waals surface area contributed by atoms with Crippen LogP contribution in [0.1, 0.15) is 42.6 Å². The molecule has 2 N–H and O–H groups in total. The van der Waals surface area contributed by atoms with E-state index in [1.165, 1.54) is 0 Å². The summed E-state index contributed by atoms with van der Waals surface area (Å²) in [5, 5.41) is 4.06. The Morgan fingerprint density at radius 1 is 1.39 bits per heavy atom. The molecule has 1 amide bonds. The maximum atomic E-state index is 12.1. The Balaban J connectivity index is 1.70. The first-order chi connectivity index (χ1) is 11.2. The highest BCUT2D eigenvalue weighted by molar-refractivity contribution is 9.10. The van der Waals surface area contributed by atoms with E-state index in [1.807, 2.05) is 29.2 Å². The van der Waals surface area contributed by atoms with Gasteiger partial charge in [-0.3, -0.25) is 4.79 Å². The minimum absolute atomic E-state index is 0.0580. The molecule has 1 aliphatic heterocycles. The molecule has 1 aromatic heterocycles. The molecule has 0 bridgehead atoms. The van der Waals surface area contributed by atoms with Crippen molar-refractivity contribution in [3.63, 3.8) is 0 Å². The van der Waals surface area contributed by atoms with Crippen molar-refractivity contribution in [3.05, 3.63) is 46.0 Å². The summed E-state index contributed by atoms with van der Waals surface area (Å²) in [6, 6.07) is 7.90. The van der Waals surface area contributed by atoms with Gasteiger partial charge in [0.1, 0.15) is 6.04 Å². The molecule has 1 saturated heterocycles. The zero-order valence-corrected chi connectivity index (χ0v) is 14.3. The van der Waals surface area contributed by atoms with E-state index in [0.29, 0.717) is 31.1 Å². The van der Waals surface area contributed by atoms with Crippen LogP contribution in [-0.2, 0) is 11.2 Å². The summed E-state index contributed by atoms with van der Waals surface area (Å²) >= 11 is 3.42. The van der Waals surface area contributed by atoms with Crippen LogP contribution >= 0.6 is 15.9 Å². The summed E-state index contributed by atoms with van der Waals surface area (Å²) < 4.78 is 6.44. The Morgan fingerprint density at radius 3 is 2.91 bits per heavy atom. The number of carbonyl (C=O) groups is 1. The number of nitrogens with zero attached hydrogens (tertiary/aromatic N) is 3. The van der Waals surface area contributed by atoms with Crippen molar-refractivity contribution in [3.8, 4) is 0 Å². The number of nitrogens with two attached hydrogens (primary N) is 1. The average Bonchev–Trinajstić information content (AvgIpc) is 3.18. The van der Waals surface area contributed by atoms with E-state index in [2.05, 4.69) is 26.1 Å². The fourth-order valence-electron chi connectivity index (χ4n) is 2.85. The third kappa shape index (κ3) is 3.79. The predicted molar refractivity (Wildman–Crippen MR) is 88.6 cm³/mol. The molecule has 1 unspecified atom stereocenters. The van der Waals surface area contributed by atoms with E-state index in [9.17, 15) is 4.79 Å². The zero-order chi connectivity index (χ0) is 16.2. The van der Waals surface area contributed by atoms with Gasteiger partial charge in [-0.2, -0.15) is 4.98 Å². The zero-order valence-electron chi connectivity index (χ0n) is 12.7. The lowest BCUT2D eigenvalue weighted by Crippen LogP contribution is -2.32. The van der Waals surface area contributed by atoms with Crippen molar-refractivity contribution < 1.29 is 9.32 Å². The first-order valence-electron chi connectivity index (χ1n) is 7.74. The smallest absolute Gasteiger partial charge is 0.249 e. The van der Waals surface area contributed by atoms with Crippen molar-refractivity contribution in [1.82, 2.24) is 15.0 Å². The largest absolute Gasteiger partial charge is 0.337 e. The van der Waals surface area contributed by atoms with Gasteiger partial charge in [-0.1, -0.05) is 33.2 Å². The topological polar surface area (TPSA) is 85.3 Å². The van der Waals surface area contributed by atoms with Crippen LogP contribution in [0.2, 0.25) is 0 Å². The van der Waals surface area contributed by atoms with Gasteiger partial charge < -0.3 is 15.2 Å². The number of hydrogen-bond acceptors (Lipinski definition) is 5. The van der Waals surface area contributed by atoms with Crippen molar-refractivity contribution in [2.24, 2.45) is 5.73 Å². The predicted octanol–water partition coefficient (Wildman–Crippen LogP) is 2.44. The van der Waals surface area contributed by atoms with Crippen LogP contribution in [0.15, 0.2) is 33.3 Å². The van der Waals surface area contributed by atoms with Gasteiger partial charge >= 0.3 is 0 Å². The Labute approximate surface area is 143 Å². The highest BCUT2D eigenvalue weighted by Crippen LogP contribution is 2.31. The molecule has 6 nitrogen and oxygen atoms in total. The monoisotopic (exact) mass is 378 g/mol. The summed E-state index contributed by atoms with van der Waals surface area (Å²) in [5.41, 5.74) is 6.59. The van der Waals surface area contributed by atoms with Gasteiger partial charge in [0.15, 0.2) is 5.82 Å². The molecule has 3 rings (SSSR count). The summed E-state index contributed by atoms with van der Waals surface area (Å²) in [5.74, 6) is 1.23. The molecule has 122 valence electrons. The second-order valence-corrected chi connectivity index (χ2v) is 6.55. The first-order valence-corrected chi connectivity index (χ1v) is 8.53.